The van der Waals surface area contributed by atoms with E-state index in [1.165, 1.54) is 16.3 Å². The van der Waals surface area contributed by atoms with Crippen molar-refractivity contribution < 1.29 is 10.2 Å². The van der Waals surface area contributed by atoms with Crippen LogP contribution in [-0.2, 0) is 12.8 Å². The van der Waals surface area contributed by atoms with Gasteiger partial charge in [0.15, 0.2) is 11.5 Å². The third-order valence-electron chi connectivity index (χ3n) is 4.77. The van der Waals surface area contributed by atoms with Crippen molar-refractivity contribution in [2.75, 3.05) is 6.54 Å². The molecular weight excluding hydrogens is 366 g/mol. The molecule has 3 nitrogen and oxygen atoms in total. The summed E-state index contributed by atoms with van der Waals surface area (Å²) in [7, 11) is 0. The fraction of sp³-hybridized carbons (Fsp3) is 0.200. The number of phenols is 2. The van der Waals surface area contributed by atoms with Gasteiger partial charge in [-0.15, -0.1) is 0 Å². The second-order valence-electron chi connectivity index (χ2n) is 6.31. The maximum atomic E-state index is 9.90. The first kappa shape index (κ1) is 15.5. The third-order valence-corrected chi connectivity index (χ3v) is 5.62. The summed E-state index contributed by atoms with van der Waals surface area (Å²) in [6, 6.07) is 18.4. The molecular formula is C20H18BrNO2. The van der Waals surface area contributed by atoms with Crippen molar-refractivity contribution in [2.24, 2.45) is 0 Å². The normalized spacial score (nSPS) is 17.8. The van der Waals surface area contributed by atoms with Crippen LogP contribution in [0.3, 0.4) is 0 Å². The largest absolute Gasteiger partial charge is 0.504 e. The molecule has 4 rings (SSSR count). The molecule has 122 valence electrons. The van der Waals surface area contributed by atoms with Gasteiger partial charge in [-0.3, -0.25) is 0 Å². The Morgan fingerprint density at radius 3 is 2.54 bits per heavy atom. The molecule has 0 saturated heterocycles. The Morgan fingerprint density at radius 2 is 1.71 bits per heavy atom. The van der Waals surface area contributed by atoms with E-state index in [4.69, 9.17) is 0 Å². The Hall–Kier alpha value is -2.04. The lowest BCUT2D eigenvalue weighted by Gasteiger charge is -2.33. The van der Waals surface area contributed by atoms with Crippen LogP contribution in [0.15, 0.2) is 54.6 Å². The SMILES string of the molecule is Oc1cc2c(cc1O)[C@@H](Cc1ccc3ccccc3c1)N(Br)CC2. The second kappa shape index (κ2) is 6.11. The van der Waals surface area contributed by atoms with E-state index < -0.39 is 0 Å². The first-order valence-electron chi connectivity index (χ1n) is 8.06. The highest BCUT2D eigenvalue weighted by Gasteiger charge is 2.27. The van der Waals surface area contributed by atoms with E-state index in [1.807, 2.05) is 0 Å². The van der Waals surface area contributed by atoms with E-state index in [0.717, 1.165) is 30.5 Å². The molecule has 2 N–H and O–H groups in total. The number of nitrogens with zero attached hydrogens (tertiary/aromatic N) is 1. The Balaban J connectivity index is 1.71. The minimum Gasteiger partial charge on any atom is -0.504 e. The predicted octanol–water partition coefficient (Wildman–Crippen LogP) is 4.70. The van der Waals surface area contributed by atoms with Gasteiger partial charge in [-0.2, -0.15) is 0 Å². The monoisotopic (exact) mass is 383 g/mol. The van der Waals surface area contributed by atoms with Gasteiger partial charge in [0.2, 0.25) is 0 Å². The van der Waals surface area contributed by atoms with Crippen LogP contribution in [0.25, 0.3) is 10.8 Å². The third kappa shape index (κ3) is 2.76. The molecule has 0 amide bonds. The average Bonchev–Trinajstić information content (AvgIpc) is 2.59. The van der Waals surface area contributed by atoms with Crippen LogP contribution in [0, 0.1) is 0 Å². The van der Waals surface area contributed by atoms with E-state index in [0.29, 0.717) is 0 Å². The van der Waals surface area contributed by atoms with Gasteiger partial charge >= 0.3 is 0 Å². The number of rotatable bonds is 2. The van der Waals surface area contributed by atoms with Crippen LogP contribution >= 0.6 is 16.1 Å². The predicted molar refractivity (Wildman–Crippen MR) is 99.5 cm³/mol. The summed E-state index contributed by atoms with van der Waals surface area (Å²) in [5.74, 6) is -0.0960. The Kier molecular flexibility index (Phi) is 3.94. The van der Waals surface area contributed by atoms with E-state index in [9.17, 15) is 10.2 Å². The molecule has 0 radical (unpaired) electrons. The van der Waals surface area contributed by atoms with Crippen molar-refractivity contribution in [3.63, 3.8) is 0 Å². The Labute approximate surface area is 149 Å². The zero-order valence-electron chi connectivity index (χ0n) is 13.1. The summed E-state index contributed by atoms with van der Waals surface area (Å²) >= 11 is 3.66. The molecule has 4 heteroatoms. The van der Waals surface area contributed by atoms with Crippen molar-refractivity contribution in [2.45, 2.75) is 18.9 Å². The maximum Gasteiger partial charge on any atom is 0.157 e. The fourth-order valence-electron chi connectivity index (χ4n) is 3.49. The van der Waals surface area contributed by atoms with Gasteiger partial charge in [0.05, 0.1) is 0 Å². The molecule has 0 saturated carbocycles. The standard InChI is InChI=1S/C20H18BrNO2/c21-22-8-7-16-11-19(23)20(24)12-17(16)18(22)10-13-5-6-14-3-1-2-4-15(14)9-13/h1-6,9,11-12,18,23-24H,7-8,10H2/t18-/m1/s1. The fourth-order valence-corrected chi connectivity index (χ4v) is 4.04. The maximum absolute atomic E-state index is 9.90. The Morgan fingerprint density at radius 1 is 0.958 bits per heavy atom. The molecule has 24 heavy (non-hydrogen) atoms. The first-order chi connectivity index (χ1) is 11.6. The lowest BCUT2D eigenvalue weighted by molar-refractivity contribution is 0.344. The molecule has 3 aromatic rings. The van der Waals surface area contributed by atoms with Gasteiger partial charge < -0.3 is 10.2 Å². The van der Waals surface area contributed by atoms with Gasteiger partial charge in [0, 0.05) is 28.7 Å². The number of benzene rings is 3. The van der Waals surface area contributed by atoms with E-state index in [-0.39, 0.29) is 17.5 Å². The molecule has 0 aromatic heterocycles. The van der Waals surface area contributed by atoms with Crippen molar-refractivity contribution in [1.29, 1.82) is 0 Å². The number of fused-ring (bicyclic) bond motifs is 2. The Bertz CT molecular complexity index is 909. The zero-order valence-corrected chi connectivity index (χ0v) is 14.7. The molecule has 1 atom stereocenters. The second-order valence-corrected chi connectivity index (χ2v) is 7.23. The highest BCUT2D eigenvalue weighted by molar-refractivity contribution is 9.07. The number of hydrogen-bond acceptors (Lipinski definition) is 3. The number of phenolic OH excluding ortho intramolecular Hbond substituents is 2. The van der Waals surface area contributed by atoms with Crippen LogP contribution in [0.4, 0.5) is 0 Å². The van der Waals surface area contributed by atoms with Gasteiger partial charge in [0.1, 0.15) is 0 Å². The van der Waals surface area contributed by atoms with E-state index in [2.05, 4.69) is 62.5 Å². The van der Waals surface area contributed by atoms with Gasteiger partial charge in [0.25, 0.3) is 0 Å². The molecule has 1 aliphatic heterocycles. The molecule has 0 bridgehead atoms. The molecule has 1 aliphatic rings. The summed E-state index contributed by atoms with van der Waals surface area (Å²) < 4.78 is 2.14. The van der Waals surface area contributed by atoms with Crippen molar-refractivity contribution >= 4 is 26.9 Å². The molecule has 0 aliphatic carbocycles. The lowest BCUT2D eigenvalue weighted by Crippen LogP contribution is -2.29. The van der Waals surface area contributed by atoms with E-state index >= 15 is 0 Å². The molecule has 0 unspecified atom stereocenters. The van der Waals surface area contributed by atoms with Gasteiger partial charge in [-0.1, -0.05) is 42.5 Å². The van der Waals surface area contributed by atoms with Crippen molar-refractivity contribution in [3.8, 4) is 11.5 Å². The lowest BCUT2D eigenvalue weighted by atomic mass is 9.89. The van der Waals surface area contributed by atoms with Crippen LogP contribution in [0.2, 0.25) is 0 Å². The number of halogens is 1. The van der Waals surface area contributed by atoms with Crippen molar-refractivity contribution in [3.05, 3.63) is 71.3 Å². The molecule has 3 aromatic carbocycles. The van der Waals surface area contributed by atoms with Crippen LogP contribution < -0.4 is 0 Å². The topological polar surface area (TPSA) is 43.7 Å². The minimum absolute atomic E-state index is 0.0405. The molecule has 0 spiro atoms. The van der Waals surface area contributed by atoms with Crippen LogP contribution in [0.5, 0.6) is 11.5 Å². The number of hydrogen-bond donors (Lipinski definition) is 2. The minimum atomic E-state index is -0.0555. The molecule has 1 heterocycles. The van der Waals surface area contributed by atoms with Gasteiger partial charge in [-0.25, -0.2) is 3.93 Å². The smallest absolute Gasteiger partial charge is 0.157 e. The van der Waals surface area contributed by atoms with Gasteiger partial charge in [-0.05, 0) is 52.4 Å². The van der Waals surface area contributed by atoms with Crippen LogP contribution in [-0.4, -0.2) is 20.7 Å². The first-order valence-corrected chi connectivity index (χ1v) is 8.77. The molecule has 0 fully saturated rings. The highest BCUT2D eigenvalue weighted by Crippen LogP contribution is 2.39. The highest BCUT2D eigenvalue weighted by atomic mass is 79.9. The van der Waals surface area contributed by atoms with Crippen LogP contribution in [0.1, 0.15) is 22.7 Å². The summed E-state index contributed by atoms with van der Waals surface area (Å²) in [6.45, 7) is 0.870. The summed E-state index contributed by atoms with van der Waals surface area (Å²) in [5, 5.41) is 22.1. The summed E-state index contributed by atoms with van der Waals surface area (Å²) in [4.78, 5) is 0. The van der Waals surface area contributed by atoms with E-state index in [1.54, 1.807) is 12.1 Å². The quantitative estimate of drug-likeness (QED) is 0.497. The number of aromatic hydroxyl groups is 2. The zero-order chi connectivity index (χ0) is 16.7. The summed E-state index contributed by atoms with van der Waals surface area (Å²) in [5.41, 5.74) is 3.43. The summed E-state index contributed by atoms with van der Waals surface area (Å²) in [6.07, 6.45) is 1.69. The average molecular weight is 384 g/mol. The van der Waals surface area contributed by atoms with Crippen molar-refractivity contribution in [1.82, 2.24) is 3.93 Å².